The molecule has 0 aliphatic heterocycles. The van der Waals surface area contributed by atoms with E-state index in [-0.39, 0.29) is 5.82 Å². The second kappa shape index (κ2) is 7.25. The molecule has 0 radical (unpaired) electrons. The number of aryl methyl sites for hydroxylation is 1. The SMILES string of the molecule is CCc1cc(NCC(Cc2ccc(F)cc2)C(N)=O)n2ncnc2n1. The van der Waals surface area contributed by atoms with E-state index in [0.29, 0.717) is 24.6 Å². The van der Waals surface area contributed by atoms with Crippen molar-refractivity contribution in [3.63, 3.8) is 0 Å². The van der Waals surface area contributed by atoms with Crippen LogP contribution in [0.2, 0.25) is 0 Å². The van der Waals surface area contributed by atoms with Crippen LogP contribution in [0.15, 0.2) is 36.7 Å². The molecule has 1 amide bonds. The van der Waals surface area contributed by atoms with Crippen LogP contribution in [0.4, 0.5) is 10.2 Å². The van der Waals surface area contributed by atoms with E-state index in [1.54, 1.807) is 16.6 Å². The fraction of sp³-hybridized carbons (Fsp3) is 0.294. The number of carbonyl (C=O) groups excluding carboxylic acids is 1. The highest BCUT2D eigenvalue weighted by molar-refractivity contribution is 5.77. The second-order valence-electron chi connectivity index (χ2n) is 5.77. The predicted molar refractivity (Wildman–Crippen MR) is 91.4 cm³/mol. The minimum absolute atomic E-state index is 0.310. The highest BCUT2D eigenvalue weighted by atomic mass is 19.1. The molecule has 0 saturated heterocycles. The molecule has 130 valence electrons. The lowest BCUT2D eigenvalue weighted by molar-refractivity contribution is -0.121. The van der Waals surface area contributed by atoms with E-state index in [9.17, 15) is 9.18 Å². The van der Waals surface area contributed by atoms with Gasteiger partial charge in [0.1, 0.15) is 18.0 Å². The summed E-state index contributed by atoms with van der Waals surface area (Å²) in [6, 6.07) is 7.93. The average molecular weight is 342 g/mol. The topological polar surface area (TPSA) is 98.2 Å². The Morgan fingerprint density at radius 3 is 2.80 bits per heavy atom. The molecule has 2 aromatic heterocycles. The Labute approximate surface area is 144 Å². The molecular weight excluding hydrogens is 323 g/mol. The zero-order valence-electron chi connectivity index (χ0n) is 13.8. The van der Waals surface area contributed by atoms with Crippen LogP contribution in [0.5, 0.6) is 0 Å². The van der Waals surface area contributed by atoms with Gasteiger partial charge in [-0.3, -0.25) is 4.79 Å². The Hall–Kier alpha value is -3.03. The summed E-state index contributed by atoms with van der Waals surface area (Å²) in [7, 11) is 0. The number of carbonyl (C=O) groups is 1. The van der Waals surface area contributed by atoms with E-state index in [2.05, 4.69) is 20.4 Å². The maximum Gasteiger partial charge on any atom is 0.254 e. The Bertz CT molecular complexity index is 876. The third-order valence-corrected chi connectivity index (χ3v) is 3.99. The number of halogens is 1. The van der Waals surface area contributed by atoms with Gasteiger partial charge in [-0.1, -0.05) is 19.1 Å². The van der Waals surface area contributed by atoms with Gasteiger partial charge in [0.2, 0.25) is 5.91 Å². The molecule has 2 heterocycles. The first kappa shape index (κ1) is 16.8. The standard InChI is InChI=1S/C17H19FN6O/c1-2-14-8-15(24-17(23-14)21-10-22-24)20-9-12(16(19)25)7-11-3-5-13(18)6-4-11/h3-6,8,10,12,20H,2,7,9H2,1H3,(H2,19,25). The second-order valence-corrected chi connectivity index (χ2v) is 5.77. The van der Waals surface area contributed by atoms with E-state index in [4.69, 9.17) is 5.73 Å². The van der Waals surface area contributed by atoms with Crippen LogP contribution >= 0.6 is 0 Å². The quantitative estimate of drug-likeness (QED) is 0.679. The Balaban J connectivity index is 1.76. The van der Waals surface area contributed by atoms with Gasteiger partial charge in [-0.2, -0.15) is 14.6 Å². The van der Waals surface area contributed by atoms with E-state index < -0.39 is 11.8 Å². The summed E-state index contributed by atoms with van der Waals surface area (Å²) < 4.78 is 14.6. The fourth-order valence-electron chi connectivity index (χ4n) is 2.57. The van der Waals surface area contributed by atoms with Crippen molar-refractivity contribution in [2.24, 2.45) is 11.7 Å². The summed E-state index contributed by atoms with van der Waals surface area (Å²) >= 11 is 0. The molecule has 0 spiro atoms. The van der Waals surface area contributed by atoms with Crippen molar-refractivity contribution in [3.8, 4) is 0 Å². The summed E-state index contributed by atoms with van der Waals surface area (Å²) in [5.74, 6) is 0.0226. The van der Waals surface area contributed by atoms with Gasteiger partial charge in [0.05, 0.1) is 5.92 Å². The van der Waals surface area contributed by atoms with Crippen molar-refractivity contribution in [2.45, 2.75) is 19.8 Å². The van der Waals surface area contributed by atoms with Crippen molar-refractivity contribution < 1.29 is 9.18 Å². The van der Waals surface area contributed by atoms with Gasteiger partial charge < -0.3 is 11.1 Å². The first-order valence-electron chi connectivity index (χ1n) is 8.04. The summed E-state index contributed by atoms with van der Waals surface area (Å²) in [5.41, 5.74) is 7.25. The third-order valence-electron chi connectivity index (χ3n) is 3.99. The van der Waals surface area contributed by atoms with Gasteiger partial charge in [0.15, 0.2) is 0 Å². The molecule has 0 fully saturated rings. The maximum absolute atomic E-state index is 13.0. The number of benzene rings is 1. The number of amides is 1. The van der Waals surface area contributed by atoms with Crippen molar-refractivity contribution in [2.75, 3.05) is 11.9 Å². The molecule has 1 aromatic carbocycles. The first-order chi connectivity index (χ1) is 12.1. The van der Waals surface area contributed by atoms with Crippen LogP contribution in [0.3, 0.4) is 0 Å². The number of nitrogens with one attached hydrogen (secondary N) is 1. The van der Waals surface area contributed by atoms with Gasteiger partial charge in [-0.05, 0) is 30.5 Å². The van der Waals surface area contributed by atoms with Gasteiger partial charge in [0, 0.05) is 18.3 Å². The van der Waals surface area contributed by atoms with Crippen molar-refractivity contribution >= 4 is 17.5 Å². The maximum atomic E-state index is 13.0. The van der Waals surface area contributed by atoms with E-state index in [1.807, 2.05) is 13.0 Å². The number of fused-ring (bicyclic) bond motifs is 1. The molecule has 25 heavy (non-hydrogen) atoms. The van der Waals surface area contributed by atoms with Crippen LogP contribution < -0.4 is 11.1 Å². The summed E-state index contributed by atoms with van der Waals surface area (Å²) in [4.78, 5) is 20.3. The minimum atomic E-state index is -0.442. The molecule has 3 N–H and O–H groups in total. The van der Waals surface area contributed by atoms with Crippen molar-refractivity contribution in [1.29, 1.82) is 0 Å². The number of hydrogen-bond acceptors (Lipinski definition) is 5. The molecule has 0 aliphatic rings. The highest BCUT2D eigenvalue weighted by Crippen LogP contribution is 2.14. The number of anilines is 1. The number of hydrogen-bond donors (Lipinski definition) is 2. The van der Waals surface area contributed by atoms with Crippen LogP contribution in [0, 0.1) is 11.7 Å². The molecule has 3 aromatic rings. The number of aromatic nitrogens is 4. The first-order valence-corrected chi connectivity index (χ1v) is 8.04. The molecule has 0 saturated carbocycles. The van der Waals surface area contributed by atoms with E-state index in [0.717, 1.165) is 17.7 Å². The number of primary amides is 1. The number of rotatable bonds is 7. The fourth-order valence-corrected chi connectivity index (χ4v) is 2.57. The van der Waals surface area contributed by atoms with Gasteiger partial charge in [-0.15, -0.1) is 0 Å². The molecule has 7 nitrogen and oxygen atoms in total. The molecular formula is C17H19FN6O. The molecule has 1 atom stereocenters. The van der Waals surface area contributed by atoms with Crippen molar-refractivity contribution in [1.82, 2.24) is 19.6 Å². The Kier molecular flexibility index (Phi) is 4.87. The lowest BCUT2D eigenvalue weighted by Crippen LogP contribution is -2.31. The molecule has 0 aliphatic carbocycles. The molecule has 0 bridgehead atoms. The van der Waals surface area contributed by atoms with Gasteiger partial charge in [-0.25, -0.2) is 9.37 Å². The smallest absolute Gasteiger partial charge is 0.254 e. The van der Waals surface area contributed by atoms with Crippen LogP contribution in [0.1, 0.15) is 18.2 Å². The predicted octanol–water partition coefficient (Wildman–Crippen LogP) is 1.58. The summed E-state index contributed by atoms with van der Waals surface area (Å²) in [6.07, 6.45) is 2.61. The van der Waals surface area contributed by atoms with Crippen molar-refractivity contribution in [3.05, 3.63) is 53.7 Å². The lowest BCUT2D eigenvalue weighted by Gasteiger charge is -2.16. The van der Waals surface area contributed by atoms with Crippen LogP contribution in [-0.2, 0) is 17.6 Å². The lowest BCUT2D eigenvalue weighted by atomic mass is 9.98. The molecule has 3 rings (SSSR count). The van der Waals surface area contributed by atoms with E-state index >= 15 is 0 Å². The normalized spacial score (nSPS) is 12.2. The third kappa shape index (κ3) is 3.90. The largest absolute Gasteiger partial charge is 0.369 e. The highest BCUT2D eigenvalue weighted by Gasteiger charge is 2.17. The molecule has 1 unspecified atom stereocenters. The number of nitrogens with two attached hydrogens (primary N) is 1. The van der Waals surface area contributed by atoms with Gasteiger partial charge >= 0.3 is 0 Å². The zero-order chi connectivity index (χ0) is 17.8. The Morgan fingerprint density at radius 2 is 2.12 bits per heavy atom. The Morgan fingerprint density at radius 1 is 1.36 bits per heavy atom. The summed E-state index contributed by atoms with van der Waals surface area (Å²) in [6.45, 7) is 2.33. The van der Waals surface area contributed by atoms with Crippen LogP contribution in [0.25, 0.3) is 5.78 Å². The minimum Gasteiger partial charge on any atom is -0.369 e. The monoisotopic (exact) mass is 342 g/mol. The zero-order valence-corrected chi connectivity index (χ0v) is 13.8. The van der Waals surface area contributed by atoms with Gasteiger partial charge in [0.25, 0.3) is 5.78 Å². The summed E-state index contributed by atoms with van der Waals surface area (Å²) in [5, 5.41) is 7.34. The molecule has 8 heteroatoms. The average Bonchev–Trinajstić information content (AvgIpc) is 3.08. The van der Waals surface area contributed by atoms with Crippen LogP contribution in [-0.4, -0.2) is 32.0 Å². The van der Waals surface area contributed by atoms with E-state index in [1.165, 1.54) is 18.5 Å². The number of nitrogens with zero attached hydrogens (tertiary/aromatic N) is 4.